The van der Waals surface area contributed by atoms with Crippen LogP contribution in [0.2, 0.25) is 0 Å². The van der Waals surface area contributed by atoms with Crippen LogP contribution in [-0.2, 0) is 9.53 Å². The van der Waals surface area contributed by atoms with Crippen molar-refractivity contribution < 1.29 is 19.1 Å². The van der Waals surface area contributed by atoms with Crippen molar-refractivity contribution in [1.29, 1.82) is 0 Å². The number of carbonyl (C=O) groups excluding carboxylic acids is 2. The van der Waals surface area contributed by atoms with Gasteiger partial charge >= 0.3 is 6.09 Å². The molecule has 2 aliphatic rings. The maximum absolute atomic E-state index is 12.3. The standard InChI is InChI=1S/C24H36N2O4/c1-5-22(27)26-14-8-9-19(17-26)29-21-11-7-6-10-20(21)18-12-15-25(16-13-18)23(28)30-24(2,3)4/h6-7,10-11,18-19H,5,8-9,12-17H2,1-4H3. The first-order valence-electron chi connectivity index (χ1n) is 11.3. The molecule has 1 aromatic carbocycles. The van der Waals surface area contributed by atoms with Crippen LogP contribution in [0.15, 0.2) is 24.3 Å². The Bertz CT molecular complexity index is 735. The predicted molar refractivity (Wildman–Crippen MR) is 117 cm³/mol. The summed E-state index contributed by atoms with van der Waals surface area (Å²) in [7, 11) is 0. The van der Waals surface area contributed by atoms with E-state index in [2.05, 4.69) is 12.1 Å². The molecule has 2 aliphatic heterocycles. The SMILES string of the molecule is CCC(=O)N1CCCC(Oc2ccccc2C2CCN(C(=O)OC(C)(C)C)CC2)C1. The maximum Gasteiger partial charge on any atom is 0.410 e. The summed E-state index contributed by atoms with van der Waals surface area (Å²) in [6.45, 7) is 10.5. The van der Waals surface area contributed by atoms with Crippen LogP contribution in [0.3, 0.4) is 0 Å². The van der Waals surface area contributed by atoms with Crippen molar-refractivity contribution in [2.75, 3.05) is 26.2 Å². The number of piperidine rings is 2. The number of likely N-dealkylation sites (tertiary alicyclic amines) is 2. The Morgan fingerprint density at radius 3 is 2.40 bits per heavy atom. The van der Waals surface area contributed by atoms with E-state index in [9.17, 15) is 9.59 Å². The Balaban J connectivity index is 1.61. The van der Waals surface area contributed by atoms with E-state index < -0.39 is 5.60 Å². The molecule has 2 saturated heterocycles. The van der Waals surface area contributed by atoms with Gasteiger partial charge in [0.15, 0.2) is 0 Å². The van der Waals surface area contributed by atoms with E-state index in [-0.39, 0.29) is 18.1 Å². The van der Waals surface area contributed by atoms with Gasteiger partial charge in [-0.3, -0.25) is 4.79 Å². The summed E-state index contributed by atoms with van der Waals surface area (Å²) >= 11 is 0. The van der Waals surface area contributed by atoms with Gasteiger partial charge in [0.05, 0.1) is 6.54 Å². The minimum absolute atomic E-state index is 0.0391. The molecule has 6 heteroatoms. The van der Waals surface area contributed by atoms with Crippen molar-refractivity contribution in [3.8, 4) is 5.75 Å². The van der Waals surface area contributed by atoms with Crippen molar-refractivity contribution in [3.05, 3.63) is 29.8 Å². The molecule has 30 heavy (non-hydrogen) atoms. The molecular weight excluding hydrogens is 380 g/mol. The van der Waals surface area contributed by atoms with Gasteiger partial charge in [0, 0.05) is 26.1 Å². The normalized spacial score (nSPS) is 20.7. The van der Waals surface area contributed by atoms with Crippen molar-refractivity contribution in [3.63, 3.8) is 0 Å². The fraction of sp³-hybridized carbons (Fsp3) is 0.667. The number of benzene rings is 1. The van der Waals surface area contributed by atoms with Crippen molar-refractivity contribution in [2.24, 2.45) is 0 Å². The molecule has 1 unspecified atom stereocenters. The number of para-hydroxylation sites is 1. The summed E-state index contributed by atoms with van der Waals surface area (Å²) in [6, 6.07) is 8.24. The molecule has 3 rings (SSSR count). The topological polar surface area (TPSA) is 59.1 Å². The molecule has 0 spiro atoms. The molecule has 166 valence electrons. The average molecular weight is 417 g/mol. The zero-order valence-electron chi connectivity index (χ0n) is 18.9. The molecule has 1 aromatic rings. The highest BCUT2D eigenvalue weighted by molar-refractivity contribution is 5.75. The van der Waals surface area contributed by atoms with Crippen LogP contribution in [0.4, 0.5) is 4.79 Å². The molecule has 0 saturated carbocycles. The summed E-state index contributed by atoms with van der Waals surface area (Å²) in [5, 5.41) is 0. The van der Waals surface area contributed by atoms with Gasteiger partial charge < -0.3 is 19.3 Å². The van der Waals surface area contributed by atoms with Crippen LogP contribution in [0.5, 0.6) is 5.75 Å². The molecule has 0 aliphatic carbocycles. The van der Waals surface area contributed by atoms with Crippen molar-refractivity contribution >= 4 is 12.0 Å². The van der Waals surface area contributed by atoms with Crippen LogP contribution < -0.4 is 4.74 Å². The summed E-state index contributed by atoms with van der Waals surface area (Å²) in [5.41, 5.74) is 0.738. The molecule has 1 atom stereocenters. The van der Waals surface area contributed by atoms with E-state index >= 15 is 0 Å². The Labute approximate surface area is 180 Å². The lowest BCUT2D eigenvalue weighted by molar-refractivity contribution is -0.133. The number of carbonyl (C=O) groups is 2. The lowest BCUT2D eigenvalue weighted by atomic mass is 9.89. The first-order valence-corrected chi connectivity index (χ1v) is 11.3. The molecule has 2 heterocycles. The third-order valence-corrected chi connectivity index (χ3v) is 5.83. The second-order valence-corrected chi connectivity index (χ2v) is 9.35. The highest BCUT2D eigenvalue weighted by Crippen LogP contribution is 2.35. The Morgan fingerprint density at radius 2 is 1.73 bits per heavy atom. The van der Waals surface area contributed by atoms with E-state index in [0.29, 0.717) is 32.0 Å². The number of ether oxygens (including phenoxy) is 2. The fourth-order valence-electron chi connectivity index (χ4n) is 4.29. The second kappa shape index (κ2) is 9.71. The van der Waals surface area contributed by atoms with Crippen molar-refractivity contribution in [1.82, 2.24) is 9.80 Å². The lowest BCUT2D eigenvalue weighted by Crippen LogP contribution is -2.44. The van der Waals surface area contributed by atoms with Crippen LogP contribution in [-0.4, -0.2) is 59.7 Å². The quantitative estimate of drug-likeness (QED) is 0.721. The minimum atomic E-state index is -0.471. The predicted octanol–water partition coefficient (Wildman–Crippen LogP) is 4.58. The van der Waals surface area contributed by atoms with E-state index in [1.54, 1.807) is 4.90 Å². The van der Waals surface area contributed by atoms with E-state index in [0.717, 1.165) is 38.0 Å². The summed E-state index contributed by atoms with van der Waals surface area (Å²) in [4.78, 5) is 28.2. The third kappa shape index (κ3) is 5.89. The van der Waals surface area contributed by atoms with Gasteiger partial charge in [0.1, 0.15) is 17.5 Å². The fourth-order valence-corrected chi connectivity index (χ4v) is 4.29. The van der Waals surface area contributed by atoms with Gasteiger partial charge in [-0.05, 0) is 64.0 Å². The minimum Gasteiger partial charge on any atom is -0.488 e. The van der Waals surface area contributed by atoms with Crippen LogP contribution in [0.25, 0.3) is 0 Å². The molecule has 2 amide bonds. The lowest BCUT2D eigenvalue weighted by Gasteiger charge is -2.35. The van der Waals surface area contributed by atoms with Gasteiger partial charge in [0.25, 0.3) is 0 Å². The van der Waals surface area contributed by atoms with E-state index in [1.165, 1.54) is 5.56 Å². The highest BCUT2D eigenvalue weighted by Gasteiger charge is 2.30. The van der Waals surface area contributed by atoms with Crippen LogP contribution in [0, 0.1) is 0 Å². The average Bonchev–Trinajstić information content (AvgIpc) is 2.73. The van der Waals surface area contributed by atoms with Gasteiger partial charge in [-0.25, -0.2) is 4.79 Å². The Kier molecular flexibility index (Phi) is 7.27. The number of hydrogen-bond acceptors (Lipinski definition) is 4. The smallest absolute Gasteiger partial charge is 0.410 e. The second-order valence-electron chi connectivity index (χ2n) is 9.35. The first-order chi connectivity index (χ1) is 14.3. The highest BCUT2D eigenvalue weighted by atomic mass is 16.6. The number of rotatable bonds is 4. The van der Waals surface area contributed by atoms with E-state index in [1.807, 2.05) is 44.7 Å². The number of amides is 2. The summed E-state index contributed by atoms with van der Waals surface area (Å²) < 4.78 is 11.9. The van der Waals surface area contributed by atoms with Crippen molar-refractivity contribution in [2.45, 2.75) is 77.4 Å². The summed E-state index contributed by atoms with van der Waals surface area (Å²) in [6.07, 6.45) is 4.09. The molecule has 6 nitrogen and oxygen atoms in total. The van der Waals surface area contributed by atoms with Crippen LogP contribution >= 0.6 is 0 Å². The summed E-state index contributed by atoms with van der Waals surface area (Å²) in [5.74, 6) is 1.48. The maximum atomic E-state index is 12.3. The van der Waals surface area contributed by atoms with Gasteiger partial charge in [-0.2, -0.15) is 0 Å². The Morgan fingerprint density at radius 1 is 1.03 bits per heavy atom. The third-order valence-electron chi connectivity index (χ3n) is 5.83. The van der Waals surface area contributed by atoms with Gasteiger partial charge in [-0.15, -0.1) is 0 Å². The number of hydrogen-bond donors (Lipinski definition) is 0. The molecule has 0 radical (unpaired) electrons. The van der Waals surface area contributed by atoms with Gasteiger partial charge in [-0.1, -0.05) is 25.1 Å². The van der Waals surface area contributed by atoms with Gasteiger partial charge in [0.2, 0.25) is 5.91 Å². The number of nitrogens with zero attached hydrogens (tertiary/aromatic N) is 2. The monoisotopic (exact) mass is 416 g/mol. The molecule has 0 N–H and O–H groups in total. The molecular formula is C24H36N2O4. The zero-order valence-corrected chi connectivity index (χ0v) is 18.9. The Hall–Kier alpha value is -2.24. The first kappa shape index (κ1) is 22.4. The van der Waals surface area contributed by atoms with Crippen LogP contribution in [0.1, 0.15) is 71.3 Å². The largest absolute Gasteiger partial charge is 0.488 e. The molecule has 2 fully saturated rings. The van der Waals surface area contributed by atoms with E-state index in [4.69, 9.17) is 9.47 Å². The molecule has 0 aromatic heterocycles. The molecule has 0 bridgehead atoms. The zero-order chi connectivity index (χ0) is 21.7.